The fourth-order valence-electron chi connectivity index (χ4n) is 2.82. The summed E-state index contributed by atoms with van der Waals surface area (Å²) in [6.07, 6.45) is 1.98. The van der Waals surface area contributed by atoms with Crippen LogP contribution in [0.5, 0.6) is 0 Å². The van der Waals surface area contributed by atoms with Crippen molar-refractivity contribution in [3.63, 3.8) is 0 Å². The van der Waals surface area contributed by atoms with Crippen LogP contribution in [0.4, 0.5) is 0 Å². The molecule has 1 aromatic carbocycles. The lowest BCUT2D eigenvalue weighted by Gasteiger charge is -2.16. The number of fused-ring (bicyclic) bond motifs is 1. The smallest absolute Gasteiger partial charge is 0.274 e. The summed E-state index contributed by atoms with van der Waals surface area (Å²) in [6.45, 7) is 10.9. The molecule has 1 amide bonds. The molecule has 1 unspecified atom stereocenters. The molecular weight excluding hydrogens is 314 g/mol. The number of hydrogen-bond donors (Lipinski definition) is 1. The van der Waals surface area contributed by atoms with Gasteiger partial charge in [-0.25, -0.2) is 4.68 Å². The quantitative estimate of drug-likeness (QED) is 0.835. The van der Waals surface area contributed by atoms with Crippen LogP contribution in [0.15, 0.2) is 29.1 Å². The van der Waals surface area contributed by atoms with E-state index in [0.29, 0.717) is 28.9 Å². The van der Waals surface area contributed by atoms with Gasteiger partial charge in [0.15, 0.2) is 5.69 Å². The van der Waals surface area contributed by atoms with Crippen LogP contribution in [0, 0.1) is 11.8 Å². The first kappa shape index (κ1) is 19.2. The van der Waals surface area contributed by atoms with Crippen molar-refractivity contribution in [1.29, 1.82) is 0 Å². The van der Waals surface area contributed by atoms with Gasteiger partial charge in [-0.2, -0.15) is 5.10 Å². The van der Waals surface area contributed by atoms with Gasteiger partial charge in [-0.15, -0.1) is 0 Å². The molecule has 1 aromatic heterocycles. The number of amides is 1. The second kappa shape index (κ2) is 8.28. The second-order valence-electron chi connectivity index (χ2n) is 7.62. The van der Waals surface area contributed by atoms with E-state index in [1.807, 2.05) is 32.9 Å². The molecule has 0 spiro atoms. The van der Waals surface area contributed by atoms with Gasteiger partial charge in [0.2, 0.25) is 0 Å². The molecular formula is C20H29N3O2. The van der Waals surface area contributed by atoms with Crippen LogP contribution in [-0.2, 0) is 6.54 Å². The fourth-order valence-corrected chi connectivity index (χ4v) is 2.82. The Bertz CT molecular complexity index is 793. The first-order valence-electron chi connectivity index (χ1n) is 9.10. The summed E-state index contributed by atoms with van der Waals surface area (Å²) in [5.41, 5.74) is 0.181. The van der Waals surface area contributed by atoms with E-state index >= 15 is 0 Å². The highest BCUT2D eigenvalue weighted by atomic mass is 16.2. The van der Waals surface area contributed by atoms with E-state index < -0.39 is 0 Å². The molecule has 0 aliphatic rings. The van der Waals surface area contributed by atoms with Crippen LogP contribution in [-0.4, -0.2) is 21.7 Å². The lowest BCUT2D eigenvalue weighted by atomic mass is 10.0. The highest BCUT2D eigenvalue weighted by Gasteiger charge is 2.18. The topological polar surface area (TPSA) is 64.0 Å². The van der Waals surface area contributed by atoms with Crippen LogP contribution < -0.4 is 10.9 Å². The third-order valence-electron chi connectivity index (χ3n) is 4.18. The minimum absolute atomic E-state index is 0.0703. The van der Waals surface area contributed by atoms with E-state index in [4.69, 9.17) is 0 Å². The molecule has 0 radical (unpaired) electrons. The molecule has 25 heavy (non-hydrogen) atoms. The Kier molecular flexibility index (Phi) is 6.34. The zero-order valence-electron chi connectivity index (χ0n) is 15.9. The van der Waals surface area contributed by atoms with Crippen molar-refractivity contribution >= 4 is 16.7 Å². The van der Waals surface area contributed by atoms with Crippen molar-refractivity contribution in [2.45, 2.75) is 60.0 Å². The molecule has 1 atom stereocenters. The van der Waals surface area contributed by atoms with Crippen LogP contribution in [0.3, 0.4) is 0 Å². The Labute approximate surface area is 149 Å². The van der Waals surface area contributed by atoms with Gasteiger partial charge in [0.05, 0.1) is 5.39 Å². The summed E-state index contributed by atoms with van der Waals surface area (Å²) in [7, 11) is 0. The van der Waals surface area contributed by atoms with E-state index in [-0.39, 0.29) is 23.4 Å². The number of carbonyl (C=O) groups is 1. The first-order valence-corrected chi connectivity index (χ1v) is 9.10. The molecule has 2 aromatic rings. The van der Waals surface area contributed by atoms with Gasteiger partial charge in [-0.05, 0) is 37.7 Å². The highest BCUT2D eigenvalue weighted by Crippen LogP contribution is 2.14. The van der Waals surface area contributed by atoms with E-state index in [0.717, 1.165) is 12.8 Å². The third kappa shape index (κ3) is 4.91. The summed E-state index contributed by atoms with van der Waals surface area (Å²) in [6, 6.07) is 7.26. The average Bonchev–Trinajstić information content (AvgIpc) is 2.55. The number of aromatic nitrogens is 2. The first-order chi connectivity index (χ1) is 11.8. The number of nitrogens with zero attached hydrogens (tertiary/aromatic N) is 2. The molecule has 0 saturated carbocycles. The van der Waals surface area contributed by atoms with Gasteiger partial charge in [0, 0.05) is 18.0 Å². The van der Waals surface area contributed by atoms with Crippen LogP contribution >= 0.6 is 0 Å². The Morgan fingerprint density at radius 1 is 1.04 bits per heavy atom. The standard InChI is InChI=1S/C20H29N3O2/c1-13(2)10-11-15(5)21-19(24)18-16-8-6-7-9-17(16)20(25)23(22-18)12-14(3)4/h6-9,13-15H,10-12H2,1-5H3,(H,21,24). The average molecular weight is 343 g/mol. The van der Waals surface area contributed by atoms with Crippen molar-refractivity contribution in [3.8, 4) is 0 Å². The van der Waals surface area contributed by atoms with Crippen molar-refractivity contribution < 1.29 is 4.79 Å². The van der Waals surface area contributed by atoms with Crippen LogP contribution in [0.2, 0.25) is 0 Å². The normalized spacial score (nSPS) is 12.8. The SMILES string of the molecule is CC(C)CCC(C)NC(=O)c1nn(CC(C)C)c(=O)c2ccccc12. The molecule has 0 bridgehead atoms. The van der Waals surface area contributed by atoms with Crippen molar-refractivity contribution in [3.05, 3.63) is 40.3 Å². The minimum atomic E-state index is -0.218. The molecule has 5 heteroatoms. The molecule has 0 fully saturated rings. The molecule has 0 aliphatic carbocycles. The Hall–Kier alpha value is -2.17. The van der Waals surface area contributed by atoms with Gasteiger partial charge in [0.1, 0.15) is 0 Å². The summed E-state index contributed by atoms with van der Waals surface area (Å²) in [5, 5.41) is 8.56. The van der Waals surface area contributed by atoms with Crippen LogP contribution in [0.25, 0.3) is 10.8 Å². The largest absolute Gasteiger partial charge is 0.348 e. The Morgan fingerprint density at radius 2 is 1.68 bits per heavy atom. The lowest BCUT2D eigenvalue weighted by Crippen LogP contribution is -2.36. The molecule has 0 aliphatic heterocycles. The number of benzene rings is 1. The molecule has 2 rings (SSSR count). The van der Waals surface area contributed by atoms with Crippen LogP contribution in [0.1, 0.15) is 57.9 Å². The summed E-state index contributed by atoms with van der Waals surface area (Å²) in [5.74, 6) is 0.656. The Balaban J connectivity index is 2.37. The van der Waals surface area contributed by atoms with E-state index in [2.05, 4.69) is 24.3 Å². The molecule has 136 valence electrons. The Morgan fingerprint density at radius 3 is 2.28 bits per heavy atom. The van der Waals surface area contributed by atoms with Gasteiger partial charge in [0.25, 0.3) is 11.5 Å². The van der Waals surface area contributed by atoms with E-state index in [1.54, 1.807) is 12.1 Å². The van der Waals surface area contributed by atoms with Gasteiger partial charge in [-0.3, -0.25) is 9.59 Å². The summed E-state index contributed by atoms with van der Waals surface area (Å²) < 4.78 is 1.42. The van der Waals surface area contributed by atoms with Crippen molar-refractivity contribution in [1.82, 2.24) is 15.1 Å². The maximum Gasteiger partial charge on any atom is 0.274 e. The minimum Gasteiger partial charge on any atom is -0.348 e. The van der Waals surface area contributed by atoms with E-state index in [1.165, 1.54) is 4.68 Å². The number of carbonyl (C=O) groups excluding carboxylic acids is 1. The van der Waals surface area contributed by atoms with Gasteiger partial charge in [-0.1, -0.05) is 45.9 Å². The van der Waals surface area contributed by atoms with Gasteiger partial charge < -0.3 is 5.32 Å². The molecule has 0 saturated heterocycles. The number of hydrogen-bond acceptors (Lipinski definition) is 3. The van der Waals surface area contributed by atoms with Crippen molar-refractivity contribution in [2.75, 3.05) is 0 Å². The third-order valence-corrected chi connectivity index (χ3v) is 4.18. The zero-order chi connectivity index (χ0) is 18.6. The molecule has 1 N–H and O–H groups in total. The summed E-state index contributed by atoms with van der Waals surface area (Å²) in [4.78, 5) is 25.4. The van der Waals surface area contributed by atoms with Gasteiger partial charge >= 0.3 is 0 Å². The monoisotopic (exact) mass is 343 g/mol. The number of nitrogens with one attached hydrogen (secondary N) is 1. The fraction of sp³-hybridized carbons (Fsp3) is 0.550. The second-order valence-corrected chi connectivity index (χ2v) is 7.62. The number of rotatable bonds is 7. The maximum absolute atomic E-state index is 12.8. The molecule has 1 heterocycles. The predicted octanol–water partition coefficient (Wildman–Crippen LogP) is 3.61. The summed E-state index contributed by atoms with van der Waals surface area (Å²) >= 11 is 0. The maximum atomic E-state index is 12.8. The van der Waals surface area contributed by atoms with Crippen molar-refractivity contribution in [2.24, 2.45) is 11.8 Å². The lowest BCUT2D eigenvalue weighted by molar-refractivity contribution is 0.0931. The van der Waals surface area contributed by atoms with E-state index in [9.17, 15) is 9.59 Å². The highest BCUT2D eigenvalue weighted by molar-refractivity contribution is 6.04. The zero-order valence-corrected chi connectivity index (χ0v) is 15.9. The predicted molar refractivity (Wildman–Crippen MR) is 102 cm³/mol. The molecule has 5 nitrogen and oxygen atoms in total.